The van der Waals surface area contributed by atoms with Crippen LogP contribution in [0.3, 0.4) is 0 Å². The van der Waals surface area contributed by atoms with Gasteiger partial charge in [0.1, 0.15) is 0 Å². The first-order valence-corrected chi connectivity index (χ1v) is 2.94. The Morgan fingerprint density at radius 1 is 1.20 bits per heavy atom. The number of hydrogen-bond donors (Lipinski definition) is 3. The first kappa shape index (κ1) is 6.61. The molecule has 6 N–H and O–H groups in total. The van der Waals surface area contributed by atoms with E-state index in [1.807, 2.05) is 0 Å². The minimum Gasteiger partial charge on any atom is -0.399 e. The van der Waals surface area contributed by atoms with Gasteiger partial charge in [-0.25, -0.2) is 0 Å². The van der Waals surface area contributed by atoms with E-state index in [0.717, 1.165) is 5.56 Å². The average molecular weight is 136 g/mol. The molecule has 3 nitrogen and oxygen atoms in total. The summed E-state index contributed by atoms with van der Waals surface area (Å²) in [4.78, 5) is 0. The van der Waals surface area contributed by atoms with Crippen LogP contribution in [0.5, 0.6) is 0 Å². The van der Waals surface area contributed by atoms with E-state index in [9.17, 15) is 0 Å². The third-order valence-corrected chi connectivity index (χ3v) is 1.24. The Morgan fingerprint density at radius 3 is 2.10 bits per heavy atom. The van der Waals surface area contributed by atoms with E-state index in [0.29, 0.717) is 11.5 Å². The highest BCUT2D eigenvalue weighted by molar-refractivity contribution is 5.92. The largest absolute Gasteiger partial charge is 0.399 e. The number of rotatable bonds is 1. The fourth-order valence-electron chi connectivity index (χ4n) is 0.676. The summed E-state index contributed by atoms with van der Waals surface area (Å²) in [6.45, 7) is 0. The van der Waals surface area contributed by atoms with Gasteiger partial charge in [0.05, 0.1) is 5.56 Å². The summed E-state index contributed by atoms with van der Waals surface area (Å²) in [5.74, 6) is 0.319. The van der Waals surface area contributed by atoms with Crippen LogP contribution in [-0.4, -0.2) is 5.84 Å². The molecule has 0 aliphatic carbocycles. The van der Waals surface area contributed by atoms with Crippen molar-refractivity contribution in [2.75, 3.05) is 5.73 Å². The molecule has 0 spiro atoms. The maximum absolute atomic E-state index is 5.44. The van der Waals surface area contributed by atoms with E-state index < -0.39 is 0 Å². The number of amidine groups is 1. The van der Waals surface area contributed by atoms with Crippen molar-refractivity contribution < 1.29 is 5.41 Å². The van der Waals surface area contributed by atoms with E-state index in [1.165, 1.54) is 0 Å². The minimum absolute atomic E-state index is 0.319. The lowest BCUT2D eigenvalue weighted by molar-refractivity contribution is -0.114. The van der Waals surface area contributed by atoms with Crippen molar-refractivity contribution in [1.82, 2.24) is 0 Å². The number of anilines is 1. The third-order valence-electron chi connectivity index (χ3n) is 1.24. The molecule has 0 amide bonds. The minimum atomic E-state index is 0.319. The predicted molar refractivity (Wildman–Crippen MR) is 41.1 cm³/mol. The van der Waals surface area contributed by atoms with Crippen molar-refractivity contribution in [3.05, 3.63) is 29.8 Å². The summed E-state index contributed by atoms with van der Waals surface area (Å²) >= 11 is 0. The van der Waals surface area contributed by atoms with E-state index in [4.69, 9.17) is 16.9 Å². The van der Waals surface area contributed by atoms with E-state index in [-0.39, 0.29) is 0 Å². The van der Waals surface area contributed by atoms with Crippen LogP contribution in [-0.2, 0) is 0 Å². The van der Waals surface area contributed by atoms with E-state index in [2.05, 4.69) is 0 Å². The molecule has 1 aromatic carbocycles. The molecule has 0 aliphatic heterocycles. The highest BCUT2D eigenvalue weighted by Crippen LogP contribution is 2.02. The molecule has 3 heteroatoms. The molecule has 0 heterocycles. The summed E-state index contributed by atoms with van der Waals surface area (Å²) in [5, 5.41) is 5.32. The van der Waals surface area contributed by atoms with Crippen LogP contribution in [0.4, 0.5) is 5.69 Å². The van der Waals surface area contributed by atoms with Crippen molar-refractivity contribution >= 4 is 11.5 Å². The Bertz CT molecular complexity index is 238. The lowest BCUT2D eigenvalue weighted by Gasteiger charge is -1.92. The lowest BCUT2D eigenvalue weighted by atomic mass is 10.2. The van der Waals surface area contributed by atoms with Crippen LogP contribution < -0.4 is 16.9 Å². The first-order valence-electron chi connectivity index (χ1n) is 2.94. The Balaban J connectivity index is 3.00. The van der Waals surface area contributed by atoms with Crippen molar-refractivity contribution in [2.24, 2.45) is 5.73 Å². The molecule has 1 rings (SSSR count). The Hall–Kier alpha value is -1.51. The second kappa shape index (κ2) is 2.39. The topological polar surface area (TPSA) is 77.6 Å². The highest BCUT2D eigenvalue weighted by Gasteiger charge is 1.97. The van der Waals surface area contributed by atoms with Gasteiger partial charge in [-0.15, -0.1) is 0 Å². The van der Waals surface area contributed by atoms with E-state index >= 15 is 0 Å². The number of nitrogens with two attached hydrogens (primary N) is 3. The molecule has 0 atom stereocenters. The zero-order chi connectivity index (χ0) is 7.56. The van der Waals surface area contributed by atoms with Gasteiger partial charge in [-0.2, -0.15) is 0 Å². The summed E-state index contributed by atoms with van der Waals surface area (Å²) in [6, 6.07) is 7.08. The monoisotopic (exact) mass is 136 g/mol. The zero-order valence-corrected chi connectivity index (χ0v) is 5.54. The smallest absolute Gasteiger partial charge is 0.270 e. The molecule has 52 valence electrons. The molecule has 0 unspecified atom stereocenters. The van der Waals surface area contributed by atoms with Crippen LogP contribution in [0.1, 0.15) is 5.56 Å². The molecule has 0 saturated carbocycles. The molecule has 0 aliphatic rings. The fraction of sp³-hybridized carbons (Fsp3) is 0. The highest BCUT2D eigenvalue weighted by atomic mass is 14.7. The standard InChI is InChI=1S/C7H9N3/c8-6-3-1-5(2-4-6)7(9)10/h1-4H,8H2,(H3,9,10)/p+1. The van der Waals surface area contributed by atoms with Crippen LogP contribution in [0.25, 0.3) is 0 Å². The second-order valence-electron chi connectivity index (χ2n) is 2.08. The van der Waals surface area contributed by atoms with Gasteiger partial charge in [0.15, 0.2) is 0 Å². The van der Waals surface area contributed by atoms with Gasteiger partial charge in [0.25, 0.3) is 5.84 Å². The summed E-state index contributed by atoms with van der Waals surface area (Å²) in [6.07, 6.45) is 0. The van der Waals surface area contributed by atoms with Crippen LogP contribution >= 0.6 is 0 Å². The molecule has 0 bridgehead atoms. The van der Waals surface area contributed by atoms with Gasteiger partial charge in [-0.3, -0.25) is 11.1 Å². The molecule has 10 heavy (non-hydrogen) atoms. The molecular formula is C7H10N3+. The van der Waals surface area contributed by atoms with Crippen molar-refractivity contribution in [1.29, 1.82) is 0 Å². The zero-order valence-electron chi connectivity index (χ0n) is 5.54. The van der Waals surface area contributed by atoms with Crippen LogP contribution in [0.15, 0.2) is 24.3 Å². The normalized spacial score (nSPS) is 9.20. The van der Waals surface area contributed by atoms with Crippen LogP contribution in [0, 0.1) is 0 Å². The average Bonchev–Trinajstić information content (AvgIpc) is 1.88. The molecule has 1 aromatic rings. The molecule has 0 saturated heterocycles. The maximum Gasteiger partial charge on any atom is 0.270 e. The van der Waals surface area contributed by atoms with Gasteiger partial charge in [-0.1, -0.05) is 0 Å². The lowest BCUT2D eigenvalue weighted by Crippen LogP contribution is -2.46. The SMILES string of the molecule is NC(=[NH2+])c1ccc(N)cc1. The maximum atomic E-state index is 5.44. The van der Waals surface area contributed by atoms with Gasteiger partial charge < -0.3 is 5.73 Å². The van der Waals surface area contributed by atoms with Gasteiger partial charge in [0, 0.05) is 5.69 Å². The Morgan fingerprint density at radius 2 is 1.70 bits per heavy atom. The molecule has 0 aromatic heterocycles. The number of nitrogen functional groups attached to an aromatic ring is 1. The Kier molecular flexibility index (Phi) is 1.58. The molecule has 0 radical (unpaired) electrons. The van der Waals surface area contributed by atoms with Crippen molar-refractivity contribution in [3.8, 4) is 0 Å². The molecular weight excluding hydrogens is 126 g/mol. The van der Waals surface area contributed by atoms with Gasteiger partial charge >= 0.3 is 0 Å². The predicted octanol–water partition coefficient (Wildman–Crippen LogP) is -1.27. The van der Waals surface area contributed by atoms with Gasteiger partial charge in [-0.05, 0) is 24.3 Å². The third kappa shape index (κ3) is 1.25. The molecule has 0 fully saturated rings. The number of hydrogen-bond acceptors (Lipinski definition) is 1. The van der Waals surface area contributed by atoms with E-state index in [1.54, 1.807) is 24.3 Å². The number of benzene rings is 1. The quantitative estimate of drug-likeness (QED) is 0.256. The van der Waals surface area contributed by atoms with Crippen molar-refractivity contribution in [2.45, 2.75) is 0 Å². The first-order chi connectivity index (χ1) is 4.70. The summed E-state index contributed by atoms with van der Waals surface area (Å²) < 4.78 is 0. The second-order valence-corrected chi connectivity index (χ2v) is 2.08. The Labute approximate surface area is 59.2 Å². The fourth-order valence-corrected chi connectivity index (χ4v) is 0.676. The summed E-state index contributed by atoms with van der Waals surface area (Å²) in [7, 11) is 0. The summed E-state index contributed by atoms with van der Waals surface area (Å²) in [5.41, 5.74) is 12.3. The van der Waals surface area contributed by atoms with Gasteiger partial charge in [0.2, 0.25) is 0 Å². The van der Waals surface area contributed by atoms with Crippen molar-refractivity contribution in [3.63, 3.8) is 0 Å². The van der Waals surface area contributed by atoms with Crippen LogP contribution in [0.2, 0.25) is 0 Å².